The van der Waals surface area contributed by atoms with Crippen LogP contribution in [0.2, 0.25) is 0 Å². The standard InChI is InChI=1S/C54H94O6/c1-4-7-10-13-16-19-22-25-27-28-30-32-35-38-41-44-47-53(56)59-50-51(49-58-52(55)46-43-40-37-34-31-24-21-18-15-12-9-6-3)60-54(57)48-45-42-39-36-33-29-26-23-20-17-14-11-8-5-2/h9,12,18,21,27-29,31,33-34,51H,4-8,10-11,13-17,19-20,22-26,30,32,35-50H2,1-3H3/b12-9-,21-18-,28-27-,33-29-,34-31-. The summed E-state index contributed by atoms with van der Waals surface area (Å²) in [5, 5.41) is 0. The van der Waals surface area contributed by atoms with Crippen LogP contribution in [0.5, 0.6) is 0 Å². The third kappa shape index (κ3) is 46.2. The van der Waals surface area contributed by atoms with Crippen LogP contribution in [0, 0.1) is 0 Å². The van der Waals surface area contributed by atoms with E-state index < -0.39 is 6.10 Å². The molecule has 0 saturated heterocycles. The Morgan fingerprint density at radius 3 is 1.08 bits per heavy atom. The van der Waals surface area contributed by atoms with Crippen molar-refractivity contribution in [3.05, 3.63) is 60.8 Å². The van der Waals surface area contributed by atoms with Gasteiger partial charge in [-0.15, -0.1) is 0 Å². The maximum Gasteiger partial charge on any atom is 0.306 e. The third-order valence-electron chi connectivity index (χ3n) is 10.7. The molecule has 0 amide bonds. The van der Waals surface area contributed by atoms with Gasteiger partial charge in [0, 0.05) is 19.3 Å². The predicted octanol–water partition coefficient (Wildman–Crippen LogP) is 16.5. The second-order valence-electron chi connectivity index (χ2n) is 16.7. The van der Waals surface area contributed by atoms with E-state index in [0.29, 0.717) is 19.3 Å². The zero-order chi connectivity index (χ0) is 43.7. The van der Waals surface area contributed by atoms with Gasteiger partial charge < -0.3 is 14.2 Å². The Morgan fingerprint density at radius 1 is 0.350 bits per heavy atom. The van der Waals surface area contributed by atoms with Crippen molar-refractivity contribution >= 4 is 17.9 Å². The molecule has 60 heavy (non-hydrogen) atoms. The third-order valence-corrected chi connectivity index (χ3v) is 10.7. The summed E-state index contributed by atoms with van der Waals surface area (Å²) in [5.41, 5.74) is 0. The van der Waals surface area contributed by atoms with Crippen molar-refractivity contribution in [3.63, 3.8) is 0 Å². The monoisotopic (exact) mass is 839 g/mol. The molecular formula is C54H94O6. The maximum absolute atomic E-state index is 12.8. The summed E-state index contributed by atoms with van der Waals surface area (Å²) < 4.78 is 16.7. The van der Waals surface area contributed by atoms with E-state index in [2.05, 4.69) is 81.5 Å². The molecule has 346 valence electrons. The normalized spacial score (nSPS) is 12.5. The van der Waals surface area contributed by atoms with Crippen molar-refractivity contribution in [3.8, 4) is 0 Å². The Balaban J connectivity index is 4.44. The van der Waals surface area contributed by atoms with Gasteiger partial charge in [0.25, 0.3) is 0 Å². The van der Waals surface area contributed by atoms with Gasteiger partial charge in [-0.2, -0.15) is 0 Å². The quantitative estimate of drug-likeness (QED) is 0.0263. The van der Waals surface area contributed by atoms with Gasteiger partial charge in [0.2, 0.25) is 0 Å². The molecule has 0 heterocycles. The summed E-state index contributed by atoms with van der Waals surface area (Å²) in [7, 11) is 0. The lowest BCUT2D eigenvalue weighted by Gasteiger charge is -2.18. The van der Waals surface area contributed by atoms with Crippen molar-refractivity contribution in [1.29, 1.82) is 0 Å². The summed E-state index contributed by atoms with van der Waals surface area (Å²) in [4.78, 5) is 37.9. The Labute approximate surface area is 370 Å². The van der Waals surface area contributed by atoms with Crippen LogP contribution in [0.1, 0.15) is 245 Å². The number of hydrogen-bond acceptors (Lipinski definition) is 6. The second kappa shape index (κ2) is 48.8. The summed E-state index contributed by atoms with van der Waals surface area (Å²) in [6, 6.07) is 0. The Hall–Kier alpha value is -2.89. The van der Waals surface area contributed by atoms with Crippen LogP contribution in [0.4, 0.5) is 0 Å². The predicted molar refractivity (Wildman–Crippen MR) is 256 cm³/mol. The zero-order valence-corrected chi connectivity index (χ0v) is 39.5. The van der Waals surface area contributed by atoms with Crippen LogP contribution >= 0.6 is 0 Å². The first-order valence-electron chi connectivity index (χ1n) is 25.3. The molecule has 0 saturated carbocycles. The van der Waals surface area contributed by atoms with Crippen molar-refractivity contribution in [2.24, 2.45) is 0 Å². The van der Waals surface area contributed by atoms with E-state index >= 15 is 0 Å². The van der Waals surface area contributed by atoms with Gasteiger partial charge in [0.05, 0.1) is 0 Å². The first-order chi connectivity index (χ1) is 29.5. The molecule has 0 bridgehead atoms. The van der Waals surface area contributed by atoms with Gasteiger partial charge in [0.1, 0.15) is 13.2 Å². The molecular weight excluding hydrogens is 745 g/mol. The minimum Gasteiger partial charge on any atom is -0.462 e. The molecule has 0 N–H and O–H groups in total. The number of unbranched alkanes of at least 4 members (excludes halogenated alkanes) is 24. The highest BCUT2D eigenvalue weighted by Crippen LogP contribution is 2.13. The summed E-state index contributed by atoms with van der Waals surface area (Å²) in [6.45, 7) is 6.46. The molecule has 0 radical (unpaired) electrons. The fraction of sp³-hybridized carbons (Fsp3) is 0.759. The van der Waals surface area contributed by atoms with Crippen molar-refractivity contribution < 1.29 is 28.6 Å². The van der Waals surface area contributed by atoms with E-state index in [1.807, 2.05) is 0 Å². The van der Waals surface area contributed by atoms with E-state index in [4.69, 9.17) is 14.2 Å². The fourth-order valence-electron chi connectivity index (χ4n) is 6.92. The highest BCUT2D eigenvalue weighted by atomic mass is 16.6. The molecule has 6 nitrogen and oxygen atoms in total. The molecule has 0 aromatic rings. The number of hydrogen-bond donors (Lipinski definition) is 0. The van der Waals surface area contributed by atoms with E-state index in [9.17, 15) is 14.4 Å². The van der Waals surface area contributed by atoms with Crippen molar-refractivity contribution in [2.45, 2.75) is 252 Å². The second-order valence-corrected chi connectivity index (χ2v) is 16.7. The fourth-order valence-corrected chi connectivity index (χ4v) is 6.92. The minimum absolute atomic E-state index is 0.0965. The molecule has 6 heteroatoms. The lowest BCUT2D eigenvalue weighted by molar-refractivity contribution is -0.167. The SMILES string of the molecule is CC/C=C\C/C=C\C/C=C\CCCCC(=O)OCC(COC(=O)CCCCCCC/C=C\CCCCCCCCC)OC(=O)CCCCC/C=C\CCCCCCCCC. The number of ether oxygens (including phenoxy) is 3. The van der Waals surface area contributed by atoms with Crippen molar-refractivity contribution in [2.75, 3.05) is 13.2 Å². The average molecular weight is 839 g/mol. The van der Waals surface area contributed by atoms with E-state index in [-0.39, 0.29) is 31.1 Å². The summed E-state index contributed by atoms with van der Waals surface area (Å²) >= 11 is 0. The molecule has 0 aliphatic heterocycles. The van der Waals surface area contributed by atoms with Gasteiger partial charge in [-0.3, -0.25) is 14.4 Å². The van der Waals surface area contributed by atoms with Gasteiger partial charge in [0.15, 0.2) is 6.10 Å². The minimum atomic E-state index is -0.799. The zero-order valence-electron chi connectivity index (χ0n) is 39.5. The molecule has 0 spiro atoms. The van der Waals surface area contributed by atoms with Crippen LogP contribution in [-0.4, -0.2) is 37.2 Å². The van der Waals surface area contributed by atoms with Crippen LogP contribution in [0.3, 0.4) is 0 Å². The molecule has 1 atom stereocenters. The highest BCUT2D eigenvalue weighted by molar-refractivity contribution is 5.71. The van der Waals surface area contributed by atoms with Gasteiger partial charge >= 0.3 is 17.9 Å². The topological polar surface area (TPSA) is 78.9 Å². The average Bonchev–Trinajstić information content (AvgIpc) is 3.24. The Morgan fingerprint density at radius 2 is 0.650 bits per heavy atom. The Bertz CT molecular complexity index is 1100. The smallest absolute Gasteiger partial charge is 0.306 e. The lowest BCUT2D eigenvalue weighted by Crippen LogP contribution is -2.30. The van der Waals surface area contributed by atoms with Crippen LogP contribution in [0.15, 0.2) is 60.8 Å². The molecule has 0 rings (SSSR count). The lowest BCUT2D eigenvalue weighted by atomic mass is 10.1. The first kappa shape index (κ1) is 57.1. The highest BCUT2D eigenvalue weighted by Gasteiger charge is 2.19. The summed E-state index contributed by atoms with van der Waals surface area (Å²) in [6.07, 6.45) is 59.2. The van der Waals surface area contributed by atoms with Gasteiger partial charge in [-0.1, -0.05) is 184 Å². The van der Waals surface area contributed by atoms with Gasteiger partial charge in [-0.25, -0.2) is 0 Å². The molecule has 0 aliphatic carbocycles. The van der Waals surface area contributed by atoms with E-state index in [0.717, 1.165) is 96.3 Å². The number of rotatable bonds is 45. The largest absolute Gasteiger partial charge is 0.462 e. The maximum atomic E-state index is 12.8. The molecule has 0 aliphatic rings. The van der Waals surface area contributed by atoms with Crippen LogP contribution in [-0.2, 0) is 28.6 Å². The van der Waals surface area contributed by atoms with E-state index in [1.165, 1.54) is 109 Å². The Kier molecular flexibility index (Phi) is 46.4. The van der Waals surface area contributed by atoms with E-state index in [1.54, 1.807) is 0 Å². The molecule has 0 fully saturated rings. The van der Waals surface area contributed by atoms with Gasteiger partial charge in [-0.05, 0) is 103 Å². The molecule has 0 aromatic carbocycles. The van der Waals surface area contributed by atoms with Crippen molar-refractivity contribution in [1.82, 2.24) is 0 Å². The summed E-state index contributed by atoms with van der Waals surface area (Å²) in [5.74, 6) is -0.959. The van der Waals surface area contributed by atoms with Crippen LogP contribution in [0.25, 0.3) is 0 Å². The van der Waals surface area contributed by atoms with Crippen LogP contribution < -0.4 is 0 Å². The number of esters is 3. The first-order valence-corrected chi connectivity index (χ1v) is 25.3. The molecule has 1 unspecified atom stereocenters. The number of carbonyl (C=O) groups is 3. The number of allylic oxidation sites excluding steroid dienone is 10. The number of carbonyl (C=O) groups excluding carboxylic acids is 3. The molecule has 0 aromatic heterocycles.